The highest BCUT2D eigenvalue weighted by Gasteiger charge is 2.13. The molecule has 106 valence electrons. The Morgan fingerprint density at radius 2 is 2.37 bits per heavy atom. The van der Waals surface area contributed by atoms with Crippen LogP contribution in [0.4, 0.5) is 0 Å². The van der Waals surface area contributed by atoms with Gasteiger partial charge < -0.3 is 19.9 Å². The van der Waals surface area contributed by atoms with E-state index < -0.39 is 0 Å². The molecule has 2 N–H and O–H groups in total. The molecule has 0 bridgehead atoms. The topological polar surface area (TPSA) is 76.4 Å². The standard InChI is InChI=1S/C13H21N3O3/c1-10-12(9-16-19-10)13(17)15-5-2-8-18-11-3-6-14-7-4-11/h9,11,14H,2-8H2,1H3,(H,15,17). The lowest BCUT2D eigenvalue weighted by molar-refractivity contribution is 0.0318. The molecule has 6 heteroatoms. The molecule has 2 rings (SSSR count). The van der Waals surface area contributed by atoms with Crippen LogP contribution in [0.15, 0.2) is 10.7 Å². The summed E-state index contributed by atoms with van der Waals surface area (Å²) in [7, 11) is 0. The van der Waals surface area contributed by atoms with Crippen LogP contribution < -0.4 is 10.6 Å². The van der Waals surface area contributed by atoms with Crippen LogP contribution in [-0.4, -0.2) is 43.4 Å². The molecule has 0 radical (unpaired) electrons. The average molecular weight is 267 g/mol. The van der Waals surface area contributed by atoms with E-state index in [1.54, 1.807) is 6.92 Å². The Kier molecular flexibility index (Phi) is 5.35. The first-order chi connectivity index (χ1) is 9.27. The molecular formula is C13H21N3O3. The number of rotatable bonds is 6. The summed E-state index contributed by atoms with van der Waals surface area (Å²) in [5.41, 5.74) is 0.499. The highest BCUT2D eigenvalue weighted by molar-refractivity contribution is 5.94. The SMILES string of the molecule is Cc1oncc1C(=O)NCCCOC1CCNCC1. The van der Waals surface area contributed by atoms with E-state index in [9.17, 15) is 4.79 Å². The second-order valence-electron chi connectivity index (χ2n) is 4.73. The Balaban J connectivity index is 1.56. The van der Waals surface area contributed by atoms with Crippen LogP contribution in [0.25, 0.3) is 0 Å². The van der Waals surface area contributed by atoms with Gasteiger partial charge in [0.2, 0.25) is 0 Å². The van der Waals surface area contributed by atoms with Crippen molar-refractivity contribution in [1.82, 2.24) is 15.8 Å². The van der Waals surface area contributed by atoms with Gasteiger partial charge in [-0.25, -0.2) is 0 Å². The monoisotopic (exact) mass is 267 g/mol. The van der Waals surface area contributed by atoms with Gasteiger partial charge in [0.1, 0.15) is 11.3 Å². The summed E-state index contributed by atoms with van der Waals surface area (Å²) in [6.45, 7) is 5.09. The number of hydrogen-bond acceptors (Lipinski definition) is 5. The molecule has 1 aromatic heterocycles. The summed E-state index contributed by atoms with van der Waals surface area (Å²) in [6, 6.07) is 0. The Bertz CT molecular complexity index is 400. The molecule has 1 aromatic rings. The average Bonchev–Trinajstić information content (AvgIpc) is 2.86. The van der Waals surface area contributed by atoms with Gasteiger partial charge in [-0.1, -0.05) is 5.16 Å². The van der Waals surface area contributed by atoms with Crippen molar-refractivity contribution in [1.29, 1.82) is 0 Å². The van der Waals surface area contributed by atoms with Gasteiger partial charge in [0.15, 0.2) is 0 Å². The first-order valence-electron chi connectivity index (χ1n) is 6.79. The summed E-state index contributed by atoms with van der Waals surface area (Å²) < 4.78 is 10.6. The third kappa shape index (κ3) is 4.33. The van der Waals surface area contributed by atoms with Crippen LogP contribution in [0, 0.1) is 6.92 Å². The number of aryl methyl sites for hydroxylation is 1. The van der Waals surface area contributed by atoms with Gasteiger partial charge in [0.25, 0.3) is 5.91 Å². The summed E-state index contributed by atoms with van der Waals surface area (Å²) in [6.07, 6.45) is 4.78. The second kappa shape index (κ2) is 7.25. The number of nitrogens with one attached hydrogen (secondary N) is 2. The number of aromatic nitrogens is 1. The number of carbonyl (C=O) groups is 1. The first kappa shape index (κ1) is 14.0. The summed E-state index contributed by atoms with van der Waals surface area (Å²) in [5.74, 6) is 0.407. The van der Waals surface area contributed by atoms with E-state index in [2.05, 4.69) is 15.8 Å². The van der Waals surface area contributed by atoms with Gasteiger partial charge in [-0.2, -0.15) is 0 Å². The normalized spacial score (nSPS) is 16.5. The summed E-state index contributed by atoms with van der Waals surface area (Å²) >= 11 is 0. The van der Waals surface area contributed by atoms with Crippen LogP contribution in [0.3, 0.4) is 0 Å². The fourth-order valence-electron chi connectivity index (χ4n) is 2.10. The van der Waals surface area contributed by atoms with Crippen molar-refractivity contribution in [3.05, 3.63) is 17.5 Å². The number of nitrogens with zero attached hydrogens (tertiary/aromatic N) is 1. The zero-order valence-corrected chi connectivity index (χ0v) is 11.3. The first-order valence-corrected chi connectivity index (χ1v) is 6.79. The van der Waals surface area contributed by atoms with E-state index in [1.165, 1.54) is 6.20 Å². The molecule has 1 amide bonds. The quantitative estimate of drug-likeness (QED) is 0.748. The number of ether oxygens (including phenoxy) is 1. The lowest BCUT2D eigenvalue weighted by atomic mass is 10.1. The van der Waals surface area contributed by atoms with Crippen molar-refractivity contribution in [3.63, 3.8) is 0 Å². The number of carbonyl (C=O) groups excluding carboxylic acids is 1. The molecule has 19 heavy (non-hydrogen) atoms. The molecular weight excluding hydrogens is 246 g/mol. The number of amides is 1. The molecule has 0 saturated carbocycles. The molecule has 1 aliphatic heterocycles. The van der Waals surface area contributed by atoms with Gasteiger partial charge in [-0.15, -0.1) is 0 Å². The molecule has 1 fully saturated rings. The minimum atomic E-state index is -0.138. The lowest BCUT2D eigenvalue weighted by Crippen LogP contribution is -2.33. The molecule has 0 unspecified atom stereocenters. The molecule has 2 heterocycles. The minimum Gasteiger partial charge on any atom is -0.378 e. The van der Waals surface area contributed by atoms with Crippen LogP contribution >= 0.6 is 0 Å². The summed E-state index contributed by atoms with van der Waals surface area (Å²) in [5, 5.41) is 9.71. The van der Waals surface area contributed by atoms with E-state index in [0.717, 1.165) is 32.4 Å². The summed E-state index contributed by atoms with van der Waals surface area (Å²) in [4.78, 5) is 11.7. The van der Waals surface area contributed by atoms with Gasteiger partial charge in [0.05, 0.1) is 12.3 Å². The highest BCUT2D eigenvalue weighted by atomic mass is 16.5. The van der Waals surface area contributed by atoms with E-state index in [1.807, 2.05) is 0 Å². The second-order valence-corrected chi connectivity index (χ2v) is 4.73. The van der Waals surface area contributed by atoms with E-state index in [4.69, 9.17) is 9.26 Å². The predicted octanol–water partition coefficient (Wildman–Crippen LogP) is 0.872. The third-order valence-electron chi connectivity index (χ3n) is 3.24. The molecule has 1 aliphatic rings. The van der Waals surface area contributed by atoms with Crippen LogP contribution in [0.1, 0.15) is 35.4 Å². The Morgan fingerprint density at radius 1 is 1.58 bits per heavy atom. The fourth-order valence-corrected chi connectivity index (χ4v) is 2.10. The highest BCUT2D eigenvalue weighted by Crippen LogP contribution is 2.07. The van der Waals surface area contributed by atoms with Crippen LogP contribution in [-0.2, 0) is 4.74 Å². The fraction of sp³-hybridized carbons (Fsp3) is 0.692. The van der Waals surface area contributed by atoms with Crippen molar-refractivity contribution in [2.45, 2.75) is 32.3 Å². The largest absolute Gasteiger partial charge is 0.378 e. The minimum absolute atomic E-state index is 0.138. The van der Waals surface area contributed by atoms with Crippen molar-refractivity contribution in [2.24, 2.45) is 0 Å². The Morgan fingerprint density at radius 3 is 3.05 bits per heavy atom. The maximum Gasteiger partial charge on any atom is 0.256 e. The van der Waals surface area contributed by atoms with E-state index >= 15 is 0 Å². The van der Waals surface area contributed by atoms with Gasteiger partial charge in [0, 0.05) is 13.2 Å². The maximum atomic E-state index is 11.7. The molecule has 0 aliphatic carbocycles. The van der Waals surface area contributed by atoms with Crippen molar-refractivity contribution in [2.75, 3.05) is 26.2 Å². The smallest absolute Gasteiger partial charge is 0.256 e. The number of piperidine rings is 1. The van der Waals surface area contributed by atoms with Crippen molar-refractivity contribution < 1.29 is 14.1 Å². The van der Waals surface area contributed by atoms with Gasteiger partial charge in [-0.05, 0) is 39.3 Å². The van der Waals surface area contributed by atoms with Gasteiger partial charge in [-0.3, -0.25) is 4.79 Å². The molecule has 0 atom stereocenters. The molecule has 0 aromatic carbocycles. The van der Waals surface area contributed by atoms with Crippen LogP contribution in [0.2, 0.25) is 0 Å². The van der Waals surface area contributed by atoms with Crippen molar-refractivity contribution >= 4 is 5.91 Å². The molecule has 0 spiro atoms. The predicted molar refractivity (Wildman–Crippen MR) is 70.0 cm³/mol. The third-order valence-corrected chi connectivity index (χ3v) is 3.24. The van der Waals surface area contributed by atoms with Crippen LogP contribution in [0.5, 0.6) is 0 Å². The van der Waals surface area contributed by atoms with E-state index in [-0.39, 0.29) is 5.91 Å². The van der Waals surface area contributed by atoms with Gasteiger partial charge >= 0.3 is 0 Å². The molecule has 1 saturated heterocycles. The van der Waals surface area contributed by atoms with E-state index in [0.29, 0.717) is 30.6 Å². The Labute approximate surface area is 112 Å². The van der Waals surface area contributed by atoms with Crippen molar-refractivity contribution in [3.8, 4) is 0 Å². The maximum absolute atomic E-state index is 11.7. The Hall–Kier alpha value is -1.40. The molecule has 6 nitrogen and oxygen atoms in total. The zero-order chi connectivity index (χ0) is 13.5. The lowest BCUT2D eigenvalue weighted by Gasteiger charge is -2.22. The zero-order valence-electron chi connectivity index (χ0n) is 11.3. The number of hydrogen-bond donors (Lipinski definition) is 2.